The SMILES string of the molecule is O=C(NCc1cccnc1)c1nc(-c2ccc(S(=O)(=O)N3CCCCCC3)cc2)no1. The molecule has 2 aromatic heterocycles. The number of carbonyl (C=O) groups excluding carboxylic acids is 1. The molecule has 9 nitrogen and oxygen atoms in total. The van der Waals surface area contributed by atoms with Crippen molar-refractivity contribution in [2.45, 2.75) is 37.1 Å². The van der Waals surface area contributed by atoms with Crippen molar-refractivity contribution in [2.75, 3.05) is 13.1 Å². The summed E-state index contributed by atoms with van der Waals surface area (Å²) in [6.07, 6.45) is 7.18. The predicted octanol–water partition coefficient (Wildman–Crippen LogP) is 2.63. The molecule has 10 heteroatoms. The maximum absolute atomic E-state index is 12.9. The summed E-state index contributed by atoms with van der Waals surface area (Å²) >= 11 is 0. The van der Waals surface area contributed by atoms with Crippen molar-refractivity contribution in [2.24, 2.45) is 0 Å². The lowest BCUT2D eigenvalue weighted by atomic mass is 10.2. The summed E-state index contributed by atoms with van der Waals surface area (Å²) in [5.41, 5.74) is 1.40. The van der Waals surface area contributed by atoms with Gasteiger partial charge in [-0.05, 0) is 48.7 Å². The van der Waals surface area contributed by atoms with Crippen LogP contribution in [0.5, 0.6) is 0 Å². The van der Waals surface area contributed by atoms with E-state index < -0.39 is 15.9 Å². The Labute approximate surface area is 180 Å². The van der Waals surface area contributed by atoms with Crippen LogP contribution in [-0.2, 0) is 16.6 Å². The average Bonchev–Trinajstić information content (AvgIpc) is 3.13. The molecule has 1 saturated heterocycles. The molecule has 1 aliphatic heterocycles. The zero-order valence-corrected chi connectivity index (χ0v) is 17.7. The molecule has 1 amide bonds. The number of carbonyl (C=O) groups is 1. The van der Waals surface area contributed by atoms with Gasteiger partial charge in [0.05, 0.1) is 4.90 Å². The minimum absolute atomic E-state index is 0.167. The summed E-state index contributed by atoms with van der Waals surface area (Å²) in [5.74, 6) is -0.451. The Morgan fingerprint density at radius 2 is 1.81 bits per heavy atom. The number of benzene rings is 1. The third kappa shape index (κ3) is 4.97. The molecule has 0 aliphatic carbocycles. The number of aromatic nitrogens is 3. The molecule has 4 rings (SSSR count). The Bertz CT molecular complexity index is 1120. The van der Waals surface area contributed by atoms with E-state index in [0.717, 1.165) is 31.2 Å². The van der Waals surface area contributed by atoms with Gasteiger partial charge in [0.2, 0.25) is 15.8 Å². The number of pyridine rings is 1. The highest BCUT2D eigenvalue weighted by atomic mass is 32.2. The van der Waals surface area contributed by atoms with E-state index in [1.807, 2.05) is 6.07 Å². The maximum Gasteiger partial charge on any atom is 0.316 e. The topological polar surface area (TPSA) is 118 Å². The Morgan fingerprint density at radius 1 is 1.06 bits per heavy atom. The lowest BCUT2D eigenvalue weighted by Gasteiger charge is -2.19. The van der Waals surface area contributed by atoms with Crippen LogP contribution in [0.4, 0.5) is 0 Å². The molecule has 0 bridgehead atoms. The Balaban J connectivity index is 1.43. The number of nitrogens with one attached hydrogen (secondary N) is 1. The summed E-state index contributed by atoms with van der Waals surface area (Å²) in [7, 11) is -3.53. The first-order chi connectivity index (χ1) is 15.0. The second-order valence-corrected chi connectivity index (χ2v) is 9.25. The van der Waals surface area contributed by atoms with Crippen LogP contribution in [0.25, 0.3) is 11.4 Å². The predicted molar refractivity (Wildman–Crippen MR) is 112 cm³/mol. The second-order valence-electron chi connectivity index (χ2n) is 7.31. The number of rotatable bonds is 6. The van der Waals surface area contributed by atoms with Gasteiger partial charge >= 0.3 is 11.8 Å². The Morgan fingerprint density at radius 3 is 2.48 bits per heavy atom. The van der Waals surface area contributed by atoms with E-state index in [1.165, 1.54) is 12.1 Å². The fraction of sp³-hybridized carbons (Fsp3) is 0.333. The number of hydrogen-bond acceptors (Lipinski definition) is 7. The van der Waals surface area contributed by atoms with Gasteiger partial charge in [-0.2, -0.15) is 9.29 Å². The Hall–Kier alpha value is -3.11. The van der Waals surface area contributed by atoms with Crippen molar-refractivity contribution in [3.63, 3.8) is 0 Å². The quantitative estimate of drug-likeness (QED) is 0.625. The molecule has 31 heavy (non-hydrogen) atoms. The summed E-state index contributed by atoms with van der Waals surface area (Å²) in [6, 6.07) is 9.93. The standard InChI is InChI=1S/C21H23N5O4S/c27-20(23-15-16-6-5-11-22-14-16)21-24-19(25-30-21)17-7-9-18(10-8-17)31(28,29)26-12-3-1-2-4-13-26/h5-11,14H,1-4,12-13,15H2,(H,23,27). The average molecular weight is 442 g/mol. The van der Waals surface area contributed by atoms with Crippen molar-refractivity contribution < 1.29 is 17.7 Å². The van der Waals surface area contributed by atoms with E-state index >= 15 is 0 Å². The van der Waals surface area contributed by atoms with Crippen LogP contribution in [0.3, 0.4) is 0 Å². The number of amides is 1. The van der Waals surface area contributed by atoms with E-state index in [4.69, 9.17) is 4.52 Å². The third-order valence-electron chi connectivity index (χ3n) is 5.11. The zero-order chi connectivity index (χ0) is 21.7. The van der Waals surface area contributed by atoms with Crippen molar-refractivity contribution >= 4 is 15.9 Å². The lowest BCUT2D eigenvalue weighted by molar-refractivity contribution is 0.0907. The van der Waals surface area contributed by atoms with Crippen LogP contribution >= 0.6 is 0 Å². The van der Waals surface area contributed by atoms with E-state index in [9.17, 15) is 13.2 Å². The second kappa shape index (κ2) is 9.36. The fourth-order valence-corrected chi connectivity index (χ4v) is 4.92. The third-order valence-corrected chi connectivity index (χ3v) is 7.02. The normalized spacial score (nSPS) is 15.4. The molecule has 1 fully saturated rings. The molecule has 1 N–H and O–H groups in total. The molecule has 1 aliphatic rings. The van der Waals surface area contributed by atoms with Crippen LogP contribution in [-0.4, -0.2) is 46.8 Å². The molecule has 0 unspecified atom stereocenters. The van der Waals surface area contributed by atoms with Crippen molar-refractivity contribution in [1.29, 1.82) is 0 Å². The van der Waals surface area contributed by atoms with Crippen molar-refractivity contribution in [3.05, 3.63) is 60.2 Å². The molecule has 3 aromatic rings. The van der Waals surface area contributed by atoms with Crippen molar-refractivity contribution in [3.8, 4) is 11.4 Å². The monoisotopic (exact) mass is 441 g/mol. The summed E-state index contributed by atoms with van der Waals surface area (Å²) in [6.45, 7) is 1.38. The van der Waals surface area contributed by atoms with Gasteiger partial charge in [0.25, 0.3) is 0 Å². The minimum Gasteiger partial charge on any atom is -0.344 e. The van der Waals surface area contributed by atoms with Crippen LogP contribution in [0.15, 0.2) is 58.2 Å². The maximum atomic E-state index is 12.9. The molecule has 0 radical (unpaired) electrons. The van der Waals surface area contributed by atoms with Gasteiger partial charge < -0.3 is 9.84 Å². The molecule has 162 valence electrons. The van der Waals surface area contributed by atoms with Gasteiger partial charge in [0.15, 0.2) is 0 Å². The van der Waals surface area contributed by atoms with Gasteiger partial charge in [0, 0.05) is 37.6 Å². The van der Waals surface area contributed by atoms with E-state index in [0.29, 0.717) is 18.7 Å². The molecule has 0 saturated carbocycles. The van der Waals surface area contributed by atoms with Gasteiger partial charge in [-0.3, -0.25) is 9.78 Å². The van der Waals surface area contributed by atoms with Gasteiger partial charge in [-0.1, -0.05) is 24.1 Å². The van der Waals surface area contributed by atoms with Crippen molar-refractivity contribution in [1.82, 2.24) is 24.7 Å². The number of sulfonamides is 1. The van der Waals surface area contributed by atoms with E-state index in [-0.39, 0.29) is 23.2 Å². The van der Waals surface area contributed by atoms with E-state index in [1.54, 1.807) is 34.9 Å². The summed E-state index contributed by atoms with van der Waals surface area (Å²) < 4.78 is 32.4. The van der Waals surface area contributed by atoms with Crippen LogP contribution in [0, 0.1) is 0 Å². The Kier molecular flexibility index (Phi) is 6.38. The molecule has 3 heterocycles. The highest BCUT2D eigenvalue weighted by Crippen LogP contribution is 2.23. The molecule has 0 atom stereocenters. The number of hydrogen-bond donors (Lipinski definition) is 1. The van der Waals surface area contributed by atoms with Gasteiger partial charge in [0.1, 0.15) is 0 Å². The van der Waals surface area contributed by atoms with Crippen LogP contribution in [0.1, 0.15) is 41.9 Å². The first kappa shape index (κ1) is 21.1. The lowest BCUT2D eigenvalue weighted by Crippen LogP contribution is -2.31. The largest absolute Gasteiger partial charge is 0.344 e. The highest BCUT2D eigenvalue weighted by molar-refractivity contribution is 7.89. The van der Waals surface area contributed by atoms with Gasteiger partial charge in [-0.25, -0.2) is 8.42 Å². The van der Waals surface area contributed by atoms with Crippen LogP contribution < -0.4 is 5.32 Å². The van der Waals surface area contributed by atoms with E-state index in [2.05, 4.69) is 20.4 Å². The minimum atomic E-state index is -3.53. The molecular formula is C21H23N5O4S. The fourth-order valence-electron chi connectivity index (χ4n) is 3.40. The number of nitrogens with zero attached hydrogens (tertiary/aromatic N) is 4. The van der Waals surface area contributed by atoms with Gasteiger partial charge in [-0.15, -0.1) is 0 Å². The smallest absolute Gasteiger partial charge is 0.316 e. The molecule has 1 aromatic carbocycles. The zero-order valence-electron chi connectivity index (χ0n) is 16.9. The molecule has 0 spiro atoms. The summed E-state index contributed by atoms with van der Waals surface area (Å²) in [4.78, 5) is 20.6. The molecular weight excluding hydrogens is 418 g/mol. The highest BCUT2D eigenvalue weighted by Gasteiger charge is 2.25. The summed E-state index contributed by atoms with van der Waals surface area (Å²) in [5, 5.41) is 6.53. The van der Waals surface area contributed by atoms with Crippen LogP contribution in [0.2, 0.25) is 0 Å². The first-order valence-electron chi connectivity index (χ1n) is 10.2. The first-order valence-corrected chi connectivity index (χ1v) is 11.6.